The Morgan fingerprint density at radius 3 is 2.53 bits per heavy atom. The third kappa shape index (κ3) is 4.78. The van der Waals surface area contributed by atoms with Gasteiger partial charge in [-0.1, -0.05) is 73.1 Å². The highest BCUT2D eigenvalue weighted by Gasteiger charge is 2.37. The lowest BCUT2D eigenvalue weighted by Gasteiger charge is -2.28. The van der Waals surface area contributed by atoms with Crippen LogP contribution >= 0.6 is 11.6 Å². The minimum atomic E-state index is -0.785. The minimum absolute atomic E-state index is 0.191. The van der Waals surface area contributed by atoms with Crippen LogP contribution in [0.15, 0.2) is 84.4 Å². The lowest BCUT2D eigenvalue weighted by atomic mass is 10.0. The molecule has 1 saturated heterocycles. The van der Waals surface area contributed by atoms with Crippen molar-refractivity contribution in [2.45, 2.75) is 26.9 Å². The van der Waals surface area contributed by atoms with Crippen molar-refractivity contribution in [3.8, 4) is 5.75 Å². The first-order chi connectivity index (χ1) is 18.4. The Hall–Kier alpha value is -4.42. The largest absolute Gasteiger partial charge is 0.488 e. The number of amides is 4. The van der Waals surface area contributed by atoms with Crippen molar-refractivity contribution in [2.24, 2.45) is 0 Å². The predicted octanol–water partition coefficient (Wildman–Crippen LogP) is 6.61. The second kappa shape index (κ2) is 10.5. The predicted molar refractivity (Wildman–Crippen MR) is 149 cm³/mol. The summed E-state index contributed by atoms with van der Waals surface area (Å²) in [4.78, 5) is 40.0. The second-order valence-electron chi connectivity index (χ2n) is 8.99. The number of nitrogens with one attached hydrogen (secondary N) is 1. The van der Waals surface area contributed by atoms with Crippen LogP contribution in [-0.4, -0.2) is 17.8 Å². The number of imide groups is 2. The molecular weight excluding hydrogens is 500 g/mol. The Morgan fingerprint density at radius 2 is 1.71 bits per heavy atom. The maximum atomic E-state index is 13.5. The molecule has 0 saturated carbocycles. The Kier molecular flexibility index (Phi) is 6.99. The van der Waals surface area contributed by atoms with Gasteiger partial charge in [-0.2, -0.15) is 0 Å². The topological polar surface area (TPSA) is 75.7 Å². The highest BCUT2D eigenvalue weighted by molar-refractivity contribution is 6.39. The number of para-hydroxylation sites is 1. The molecular formula is C31H25ClN2O4. The number of nitrogens with zero attached hydrogens (tertiary/aromatic N) is 1. The van der Waals surface area contributed by atoms with Crippen molar-refractivity contribution in [3.63, 3.8) is 0 Å². The summed E-state index contributed by atoms with van der Waals surface area (Å²) in [5.74, 6) is -1.04. The zero-order valence-corrected chi connectivity index (χ0v) is 21.7. The van der Waals surface area contributed by atoms with E-state index >= 15 is 0 Å². The van der Waals surface area contributed by atoms with Crippen molar-refractivity contribution in [1.82, 2.24) is 5.32 Å². The maximum Gasteiger partial charge on any atom is 0.335 e. The zero-order valence-electron chi connectivity index (χ0n) is 21.0. The molecule has 7 heteroatoms. The number of hydrogen-bond donors (Lipinski definition) is 1. The molecule has 190 valence electrons. The number of rotatable bonds is 6. The molecule has 5 rings (SSSR count). The summed E-state index contributed by atoms with van der Waals surface area (Å²) in [6.45, 7) is 4.24. The summed E-state index contributed by atoms with van der Waals surface area (Å²) in [6.07, 6.45) is 2.03. The number of carbonyl (C=O) groups excluding carboxylic acids is 3. The van der Waals surface area contributed by atoms with Gasteiger partial charge in [0.15, 0.2) is 0 Å². The monoisotopic (exact) mass is 524 g/mol. The molecule has 38 heavy (non-hydrogen) atoms. The van der Waals surface area contributed by atoms with Crippen LogP contribution in [0.4, 0.5) is 10.5 Å². The molecule has 0 aromatic heterocycles. The molecule has 4 aromatic carbocycles. The van der Waals surface area contributed by atoms with Gasteiger partial charge < -0.3 is 4.74 Å². The normalized spacial score (nSPS) is 14.8. The molecule has 0 bridgehead atoms. The van der Waals surface area contributed by atoms with Crippen molar-refractivity contribution < 1.29 is 19.1 Å². The van der Waals surface area contributed by atoms with Crippen LogP contribution < -0.4 is 15.0 Å². The fraction of sp³-hybridized carbons (Fsp3) is 0.129. The maximum absolute atomic E-state index is 13.5. The van der Waals surface area contributed by atoms with Gasteiger partial charge in [0.05, 0.1) is 5.69 Å². The van der Waals surface area contributed by atoms with Crippen molar-refractivity contribution in [1.29, 1.82) is 0 Å². The number of fused-ring (bicyclic) bond motifs is 1. The van der Waals surface area contributed by atoms with Gasteiger partial charge >= 0.3 is 6.03 Å². The molecule has 4 amide bonds. The van der Waals surface area contributed by atoms with Gasteiger partial charge in [-0.3, -0.25) is 14.9 Å². The van der Waals surface area contributed by atoms with Gasteiger partial charge in [0.1, 0.15) is 17.9 Å². The van der Waals surface area contributed by atoms with E-state index < -0.39 is 17.8 Å². The van der Waals surface area contributed by atoms with Crippen LogP contribution in [0.3, 0.4) is 0 Å². The number of aryl methyl sites for hydroxylation is 2. The van der Waals surface area contributed by atoms with Crippen LogP contribution in [-0.2, 0) is 22.6 Å². The van der Waals surface area contributed by atoms with Crippen LogP contribution in [0.5, 0.6) is 5.75 Å². The second-order valence-corrected chi connectivity index (χ2v) is 9.43. The first-order valence-electron chi connectivity index (χ1n) is 12.3. The summed E-state index contributed by atoms with van der Waals surface area (Å²) < 4.78 is 6.22. The number of carbonyl (C=O) groups is 3. The average Bonchev–Trinajstić information content (AvgIpc) is 2.91. The first kappa shape index (κ1) is 25.2. The van der Waals surface area contributed by atoms with E-state index in [-0.39, 0.29) is 12.2 Å². The molecule has 1 fully saturated rings. The average molecular weight is 525 g/mol. The Balaban J connectivity index is 1.51. The number of ether oxygens (including phenoxy) is 1. The van der Waals surface area contributed by atoms with E-state index in [0.717, 1.165) is 32.4 Å². The number of anilines is 1. The molecule has 6 nitrogen and oxygen atoms in total. The summed E-state index contributed by atoms with van der Waals surface area (Å²) in [7, 11) is 0. The molecule has 1 heterocycles. The van der Waals surface area contributed by atoms with E-state index in [0.29, 0.717) is 28.4 Å². The fourth-order valence-electron chi connectivity index (χ4n) is 4.61. The van der Waals surface area contributed by atoms with Gasteiger partial charge in [0.25, 0.3) is 11.8 Å². The Morgan fingerprint density at radius 1 is 0.947 bits per heavy atom. The van der Waals surface area contributed by atoms with Crippen molar-refractivity contribution >= 4 is 52.0 Å². The van der Waals surface area contributed by atoms with Crippen LogP contribution in [0.25, 0.3) is 16.8 Å². The molecule has 0 unspecified atom stereocenters. The lowest BCUT2D eigenvalue weighted by Crippen LogP contribution is -2.54. The van der Waals surface area contributed by atoms with E-state index in [2.05, 4.69) is 23.5 Å². The van der Waals surface area contributed by atoms with E-state index in [1.807, 2.05) is 44.2 Å². The summed E-state index contributed by atoms with van der Waals surface area (Å²) >= 11 is 6.28. The Bertz CT molecular complexity index is 1630. The molecule has 1 N–H and O–H groups in total. The summed E-state index contributed by atoms with van der Waals surface area (Å²) in [5, 5.41) is 4.90. The summed E-state index contributed by atoms with van der Waals surface area (Å²) in [6, 6.07) is 23.5. The number of urea groups is 1. The van der Waals surface area contributed by atoms with Gasteiger partial charge in [-0.15, -0.1) is 0 Å². The van der Waals surface area contributed by atoms with Gasteiger partial charge in [-0.05, 0) is 65.6 Å². The lowest BCUT2D eigenvalue weighted by molar-refractivity contribution is -0.122. The summed E-state index contributed by atoms with van der Waals surface area (Å²) in [5.41, 5.74) is 3.63. The molecule has 1 aliphatic rings. The third-order valence-electron chi connectivity index (χ3n) is 6.63. The van der Waals surface area contributed by atoms with E-state index in [4.69, 9.17) is 16.3 Å². The molecule has 4 aromatic rings. The van der Waals surface area contributed by atoms with Gasteiger partial charge in [0, 0.05) is 16.1 Å². The highest BCUT2D eigenvalue weighted by Crippen LogP contribution is 2.31. The molecule has 0 atom stereocenters. The van der Waals surface area contributed by atoms with Crippen LogP contribution in [0, 0.1) is 6.92 Å². The zero-order chi connectivity index (χ0) is 26.8. The minimum Gasteiger partial charge on any atom is -0.488 e. The molecule has 0 spiro atoms. The van der Waals surface area contributed by atoms with E-state index in [1.54, 1.807) is 30.3 Å². The van der Waals surface area contributed by atoms with Gasteiger partial charge in [0.2, 0.25) is 0 Å². The molecule has 0 radical (unpaired) electrons. The highest BCUT2D eigenvalue weighted by atomic mass is 35.5. The van der Waals surface area contributed by atoms with Crippen LogP contribution in [0.1, 0.15) is 29.2 Å². The van der Waals surface area contributed by atoms with Gasteiger partial charge in [-0.25, -0.2) is 9.69 Å². The smallest absolute Gasteiger partial charge is 0.335 e. The standard InChI is InChI=1S/C31H25ClN2O4/c1-3-20-8-5-7-11-27(20)34-30(36)25(29(35)33-31(34)37)17-22-16-23(32)14-15-28(22)38-18-26-19(2)12-13-21-9-4-6-10-24(21)26/h4-17H,3,18H2,1-2H3,(H,33,35,37)/b25-17-. The third-order valence-corrected chi connectivity index (χ3v) is 6.87. The van der Waals surface area contributed by atoms with Crippen molar-refractivity contribution in [2.75, 3.05) is 4.90 Å². The number of benzene rings is 4. The SMILES string of the molecule is CCc1ccccc1N1C(=O)NC(=O)/C(=C/c2cc(Cl)ccc2OCc2c(C)ccc3ccccc23)C1=O. The fourth-order valence-corrected chi connectivity index (χ4v) is 4.79. The quantitative estimate of drug-likeness (QED) is 0.227. The number of halogens is 1. The first-order valence-corrected chi connectivity index (χ1v) is 12.6. The van der Waals surface area contributed by atoms with Crippen LogP contribution in [0.2, 0.25) is 5.02 Å². The Labute approximate surface area is 225 Å². The van der Waals surface area contributed by atoms with Crippen molar-refractivity contribution in [3.05, 3.63) is 112 Å². The number of hydrogen-bond acceptors (Lipinski definition) is 4. The molecule has 1 aliphatic heterocycles. The molecule has 0 aliphatic carbocycles. The van der Waals surface area contributed by atoms with E-state index in [9.17, 15) is 14.4 Å². The number of barbiturate groups is 1. The van der Waals surface area contributed by atoms with E-state index in [1.165, 1.54) is 6.08 Å².